The van der Waals surface area contributed by atoms with Gasteiger partial charge >= 0.3 is 0 Å². The summed E-state index contributed by atoms with van der Waals surface area (Å²) in [5, 5.41) is 0. The topological polar surface area (TPSA) is 35.2 Å². The molecule has 80 valence electrons. The molecule has 0 heterocycles. The van der Waals surface area contributed by atoms with Crippen molar-refractivity contribution in [1.82, 2.24) is 0 Å². The van der Waals surface area contributed by atoms with Gasteiger partial charge in [-0.05, 0) is 18.1 Å². The van der Waals surface area contributed by atoms with Gasteiger partial charge < -0.3 is 10.5 Å². The normalized spacial score (nSPS) is 9.47. The van der Waals surface area contributed by atoms with Gasteiger partial charge in [-0.1, -0.05) is 37.0 Å². The van der Waals surface area contributed by atoms with Crippen LogP contribution in [0.4, 0.5) is 0 Å². The largest absolute Gasteiger partial charge is 0.377 e. The maximum Gasteiger partial charge on any atom is 0.0728 e. The molecule has 0 aliphatic heterocycles. The summed E-state index contributed by atoms with van der Waals surface area (Å²) < 4.78 is 5.49. The smallest absolute Gasteiger partial charge is 0.0728 e. The van der Waals surface area contributed by atoms with Crippen LogP contribution in [0.15, 0.2) is 24.3 Å². The summed E-state index contributed by atoms with van der Waals surface area (Å²) in [6.07, 6.45) is 1.04. The highest BCUT2D eigenvalue weighted by molar-refractivity contribution is 5.41. The van der Waals surface area contributed by atoms with Crippen molar-refractivity contribution in [3.63, 3.8) is 0 Å². The molecule has 0 saturated carbocycles. The number of hydrogen-bond acceptors (Lipinski definition) is 2. The molecule has 0 spiro atoms. The molecule has 1 aromatic carbocycles. The Kier molecular flexibility index (Phi) is 5.54. The van der Waals surface area contributed by atoms with Gasteiger partial charge in [0.15, 0.2) is 0 Å². The first-order valence-electron chi connectivity index (χ1n) is 5.23. The van der Waals surface area contributed by atoms with E-state index in [0.717, 1.165) is 24.2 Å². The van der Waals surface area contributed by atoms with Crippen LogP contribution in [0.25, 0.3) is 0 Å². The van der Waals surface area contributed by atoms with Gasteiger partial charge in [-0.15, -0.1) is 0 Å². The standard InChI is InChI=1S/C13H17NO/c1-2-10-15-11-13-7-4-3-6-12(13)8-5-9-14/h3-4,6-7H,2,9-11,14H2,1H3. The van der Waals surface area contributed by atoms with Crippen LogP contribution in [-0.2, 0) is 11.3 Å². The van der Waals surface area contributed by atoms with Crippen molar-refractivity contribution >= 4 is 0 Å². The maximum atomic E-state index is 5.49. The van der Waals surface area contributed by atoms with Gasteiger partial charge in [0.2, 0.25) is 0 Å². The molecule has 2 N–H and O–H groups in total. The lowest BCUT2D eigenvalue weighted by molar-refractivity contribution is 0.121. The third kappa shape index (κ3) is 4.16. The van der Waals surface area contributed by atoms with Crippen LogP contribution in [0.2, 0.25) is 0 Å². The minimum atomic E-state index is 0.393. The van der Waals surface area contributed by atoms with E-state index in [0.29, 0.717) is 13.2 Å². The Morgan fingerprint density at radius 2 is 2.13 bits per heavy atom. The van der Waals surface area contributed by atoms with E-state index in [4.69, 9.17) is 10.5 Å². The number of nitrogens with two attached hydrogens (primary N) is 1. The summed E-state index contributed by atoms with van der Waals surface area (Å²) in [7, 11) is 0. The predicted molar refractivity (Wildman–Crippen MR) is 62.3 cm³/mol. The third-order valence-corrected chi connectivity index (χ3v) is 1.95. The molecule has 0 fully saturated rings. The van der Waals surface area contributed by atoms with Gasteiger partial charge in [0.05, 0.1) is 13.2 Å². The quantitative estimate of drug-likeness (QED) is 0.599. The van der Waals surface area contributed by atoms with Crippen molar-refractivity contribution in [3.05, 3.63) is 35.4 Å². The van der Waals surface area contributed by atoms with Crippen LogP contribution < -0.4 is 5.73 Å². The average Bonchev–Trinajstić information content (AvgIpc) is 2.28. The van der Waals surface area contributed by atoms with E-state index < -0.39 is 0 Å². The van der Waals surface area contributed by atoms with E-state index in [-0.39, 0.29) is 0 Å². The van der Waals surface area contributed by atoms with E-state index in [1.165, 1.54) is 0 Å². The van der Waals surface area contributed by atoms with Crippen molar-refractivity contribution in [2.75, 3.05) is 13.2 Å². The number of rotatable bonds is 4. The minimum Gasteiger partial charge on any atom is -0.377 e. The number of ether oxygens (including phenoxy) is 1. The second-order valence-electron chi connectivity index (χ2n) is 3.22. The Morgan fingerprint density at radius 3 is 2.87 bits per heavy atom. The summed E-state index contributed by atoms with van der Waals surface area (Å²) in [6, 6.07) is 8.01. The van der Waals surface area contributed by atoms with Gasteiger partial charge in [0.1, 0.15) is 0 Å². The van der Waals surface area contributed by atoms with Gasteiger partial charge in [-0.25, -0.2) is 0 Å². The predicted octanol–water partition coefficient (Wildman–Crippen LogP) is 1.92. The molecule has 2 heteroatoms. The number of hydrogen-bond donors (Lipinski definition) is 1. The Morgan fingerprint density at radius 1 is 1.33 bits per heavy atom. The molecule has 0 amide bonds. The maximum absolute atomic E-state index is 5.49. The van der Waals surface area contributed by atoms with Crippen molar-refractivity contribution in [3.8, 4) is 11.8 Å². The molecular weight excluding hydrogens is 186 g/mol. The lowest BCUT2D eigenvalue weighted by Gasteiger charge is -2.04. The summed E-state index contributed by atoms with van der Waals surface area (Å²) in [6.45, 7) is 3.91. The second kappa shape index (κ2) is 7.05. The zero-order valence-electron chi connectivity index (χ0n) is 9.12. The van der Waals surface area contributed by atoms with Crippen LogP contribution in [0.1, 0.15) is 24.5 Å². The molecule has 0 unspecified atom stereocenters. The fraction of sp³-hybridized carbons (Fsp3) is 0.385. The Hall–Kier alpha value is -1.30. The minimum absolute atomic E-state index is 0.393. The Bertz CT molecular complexity index is 349. The third-order valence-electron chi connectivity index (χ3n) is 1.95. The van der Waals surface area contributed by atoms with Gasteiger partial charge in [0.25, 0.3) is 0 Å². The molecule has 0 bridgehead atoms. The monoisotopic (exact) mass is 203 g/mol. The average molecular weight is 203 g/mol. The Labute approximate surface area is 91.4 Å². The van der Waals surface area contributed by atoms with Crippen LogP contribution >= 0.6 is 0 Å². The fourth-order valence-corrected chi connectivity index (χ4v) is 1.24. The molecule has 0 aromatic heterocycles. The second-order valence-corrected chi connectivity index (χ2v) is 3.22. The zero-order valence-corrected chi connectivity index (χ0v) is 9.12. The van der Waals surface area contributed by atoms with Crippen LogP contribution in [0.5, 0.6) is 0 Å². The van der Waals surface area contributed by atoms with Gasteiger partial charge in [0, 0.05) is 12.2 Å². The van der Waals surface area contributed by atoms with Gasteiger partial charge in [-0.3, -0.25) is 0 Å². The summed E-state index contributed by atoms with van der Waals surface area (Å²) in [5.41, 5.74) is 7.49. The molecule has 0 radical (unpaired) electrons. The van der Waals surface area contributed by atoms with Crippen molar-refractivity contribution < 1.29 is 4.74 Å². The van der Waals surface area contributed by atoms with Crippen LogP contribution in [-0.4, -0.2) is 13.2 Å². The molecule has 1 aromatic rings. The number of benzene rings is 1. The molecular formula is C13H17NO. The molecule has 0 aliphatic rings. The van der Waals surface area contributed by atoms with E-state index in [2.05, 4.69) is 18.8 Å². The van der Waals surface area contributed by atoms with E-state index in [1.54, 1.807) is 0 Å². The summed E-state index contributed by atoms with van der Waals surface area (Å²) in [4.78, 5) is 0. The van der Waals surface area contributed by atoms with Crippen LogP contribution in [0.3, 0.4) is 0 Å². The Balaban J connectivity index is 2.68. The molecule has 0 saturated heterocycles. The molecule has 0 aliphatic carbocycles. The lowest BCUT2D eigenvalue weighted by atomic mass is 10.1. The molecule has 1 rings (SSSR count). The summed E-state index contributed by atoms with van der Waals surface area (Å²) >= 11 is 0. The SMILES string of the molecule is CCCOCc1ccccc1C#CCN. The highest BCUT2D eigenvalue weighted by atomic mass is 16.5. The first-order chi connectivity index (χ1) is 7.38. The van der Waals surface area contributed by atoms with Crippen molar-refractivity contribution in [2.24, 2.45) is 5.73 Å². The highest BCUT2D eigenvalue weighted by Crippen LogP contribution is 2.08. The molecule has 15 heavy (non-hydrogen) atoms. The highest BCUT2D eigenvalue weighted by Gasteiger charge is 1.98. The van der Waals surface area contributed by atoms with E-state index in [9.17, 15) is 0 Å². The van der Waals surface area contributed by atoms with E-state index >= 15 is 0 Å². The van der Waals surface area contributed by atoms with Crippen LogP contribution in [0, 0.1) is 11.8 Å². The van der Waals surface area contributed by atoms with Crippen molar-refractivity contribution in [1.29, 1.82) is 0 Å². The van der Waals surface area contributed by atoms with E-state index in [1.807, 2.05) is 24.3 Å². The molecule has 0 atom stereocenters. The first kappa shape index (κ1) is 11.8. The first-order valence-corrected chi connectivity index (χ1v) is 5.23. The fourth-order valence-electron chi connectivity index (χ4n) is 1.24. The zero-order chi connectivity index (χ0) is 10.9. The lowest BCUT2D eigenvalue weighted by Crippen LogP contribution is -1.97. The van der Waals surface area contributed by atoms with Gasteiger partial charge in [-0.2, -0.15) is 0 Å². The molecule has 2 nitrogen and oxygen atoms in total. The summed E-state index contributed by atoms with van der Waals surface area (Å²) in [5.74, 6) is 5.90. The van der Waals surface area contributed by atoms with Crippen molar-refractivity contribution in [2.45, 2.75) is 20.0 Å².